The van der Waals surface area contributed by atoms with Crippen molar-refractivity contribution in [3.63, 3.8) is 0 Å². The van der Waals surface area contributed by atoms with E-state index in [1.807, 2.05) is 0 Å². The monoisotopic (exact) mass is 371 g/mol. The standard InChI is InChI=1S/C16H25N3O5S/c1-17-6-7-18(2)16(20)13-4-5-14(23-3)15(12-13)25(21,22)19-8-10-24-11-9-19/h4-5,12,17H,6-11H2,1-3H3. The molecule has 25 heavy (non-hydrogen) atoms. The number of benzene rings is 1. The summed E-state index contributed by atoms with van der Waals surface area (Å²) in [6, 6.07) is 4.49. The van der Waals surface area contributed by atoms with Crippen LogP contribution in [-0.4, -0.2) is 84.1 Å². The normalized spacial score (nSPS) is 15.8. The summed E-state index contributed by atoms with van der Waals surface area (Å²) in [6.07, 6.45) is 0. The van der Waals surface area contributed by atoms with Gasteiger partial charge in [-0.05, 0) is 25.2 Å². The van der Waals surface area contributed by atoms with Gasteiger partial charge in [-0.2, -0.15) is 4.31 Å². The summed E-state index contributed by atoms with van der Waals surface area (Å²) in [5, 5.41) is 2.97. The Hall–Kier alpha value is -1.68. The van der Waals surface area contributed by atoms with Crippen molar-refractivity contribution in [1.29, 1.82) is 0 Å². The third-order valence-corrected chi connectivity index (χ3v) is 5.96. The Morgan fingerprint density at radius 2 is 2.04 bits per heavy atom. The fraction of sp³-hybridized carbons (Fsp3) is 0.562. The van der Waals surface area contributed by atoms with Gasteiger partial charge in [-0.3, -0.25) is 4.79 Å². The minimum absolute atomic E-state index is 0.00441. The highest BCUT2D eigenvalue weighted by Gasteiger charge is 2.30. The molecule has 1 aliphatic heterocycles. The molecule has 140 valence electrons. The van der Waals surface area contributed by atoms with Crippen LogP contribution in [0.1, 0.15) is 10.4 Å². The number of nitrogens with zero attached hydrogens (tertiary/aromatic N) is 2. The lowest BCUT2D eigenvalue weighted by Crippen LogP contribution is -2.40. The predicted octanol–water partition coefficient (Wildman–Crippen LogP) is 0.00750. The number of sulfonamides is 1. The van der Waals surface area contributed by atoms with Gasteiger partial charge in [0.2, 0.25) is 10.0 Å². The maximum Gasteiger partial charge on any atom is 0.253 e. The van der Waals surface area contributed by atoms with Crippen LogP contribution in [0.5, 0.6) is 5.75 Å². The highest BCUT2D eigenvalue weighted by molar-refractivity contribution is 7.89. The average molecular weight is 371 g/mol. The Labute approximate surface area is 148 Å². The highest BCUT2D eigenvalue weighted by atomic mass is 32.2. The molecule has 0 unspecified atom stereocenters. The summed E-state index contributed by atoms with van der Waals surface area (Å²) in [5.74, 6) is -0.0164. The first-order valence-electron chi connectivity index (χ1n) is 8.07. The van der Waals surface area contributed by atoms with Gasteiger partial charge in [0.15, 0.2) is 0 Å². The SMILES string of the molecule is CNCCN(C)C(=O)c1ccc(OC)c(S(=O)(=O)N2CCOCC2)c1. The Balaban J connectivity index is 2.35. The number of amides is 1. The number of carbonyl (C=O) groups is 1. The Kier molecular flexibility index (Phi) is 6.77. The van der Waals surface area contributed by atoms with Crippen LogP contribution in [-0.2, 0) is 14.8 Å². The molecule has 0 saturated carbocycles. The molecule has 0 spiro atoms. The van der Waals surface area contributed by atoms with Crippen molar-refractivity contribution in [2.24, 2.45) is 0 Å². The van der Waals surface area contributed by atoms with Gasteiger partial charge in [0.05, 0.1) is 20.3 Å². The third kappa shape index (κ3) is 4.49. The van der Waals surface area contributed by atoms with Crippen LogP contribution in [0.3, 0.4) is 0 Å². The second-order valence-corrected chi connectivity index (χ2v) is 7.62. The number of rotatable bonds is 7. The maximum absolute atomic E-state index is 12.9. The van der Waals surface area contributed by atoms with E-state index in [1.54, 1.807) is 25.1 Å². The summed E-state index contributed by atoms with van der Waals surface area (Å²) in [7, 11) is 1.14. The van der Waals surface area contributed by atoms with Crippen LogP contribution >= 0.6 is 0 Å². The topological polar surface area (TPSA) is 88.2 Å². The van der Waals surface area contributed by atoms with E-state index in [1.165, 1.54) is 23.5 Å². The van der Waals surface area contributed by atoms with Crippen LogP contribution in [0.15, 0.2) is 23.1 Å². The fourth-order valence-corrected chi connectivity index (χ4v) is 4.13. The Morgan fingerprint density at radius 3 is 2.64 bits per heavy atom. The summed E-state index contributed by atoms with van der Waals surface area (Å²) < 4.78 is 37.7. The lowest BCUT2D eigenvalue weighted by Gasteiger charge is -2.27. The van der Waals surface area contributed by atoms with Gasteiger partial charge in [-0.1, -0.05) is 0 Å². The summed E-state index contributed by atoms with van der Waals surface area (Å²) in [6.45, 7) is 2.45. The third-order valence-electron chi connectivity index (χ3n) is 4.04. The number of methoxy groups -OCH3 is 1. The molecular weight excluding hydrogens is 346 g/mol. The summed E-state index contributed by atoms with van der Waals surface area (Å²) in [4.78, 5) is 14.1. The van der Waals surface area contributed by atoms with E-state index in [-0.39, 0.29) is 29.6 Å². The first kappa shape index (κ1) is 19.6. The van der Waals surface area contributed by atoms with Crippen LogP contribution in [0, 0.1) is 0 Å². The number of nitrogens with one attached hydrogen (secondary N) is 1. The quantitative estimate of drug-likeness (QED) is 0.726. The van der Waals surface area contributed by atoms with E-state index in [9.17, 15) is 13.2 Å². The van der Waals surface area contributed by atoms with Gasteiger partial charge in [0.25, 0.3) is 5.91 Å². The molecule has 1 aromatic rings. The van der Waals surface area contributed by atoms with Crippen LogP contribution in [0.2, 0.25) is 0 Å². The second-order valence-electron chi connectivity index (χ2n) is 5.71. The van der Waals surface area contributed by atoms with Gasteiger partial charge in [0.1, 0.15) is 10.6 Å². The average Bonchev–Trinajstić information content (AvgIpc) is 2.65. The molecule has 1 amide bonds. The van der Waals surface area contributed by atoms with Crippen molar-refractivity contribution in [3.05, 3.63) is 23.8 Å². The van der Waals surface area contributed by atoms with Crippen LogP contribution < -0.4 is 10.1 Å². The molecule has 0 bridgehead atoms. The van der Waals surface area contributed by atoms with Crippen molar-refractivity contribution < 1.29 is 22.7 Å². The van der Waals surface area contributed by atoms with E-state index >= 15 is 0 Å². The van der Waals surface area contributed by atoms with E-state index in [4.69, 9.17) is 9.47 Å². The summed E-state index contributed by atoms with van der Waals surface area (Å²) in [5.41, 5.74) is 0.311. The van der Waals surface area contributed by atoms with Gasteiger partial charge in [-0.25, -0.2) is 8.42 Å². The molecule has 1 aromatic carbocycles. The van der Waals surface area contributed by atoms with Crippen molar-refractivity contribution in [1.82, 2.24) is 14.5 Å². The molecule has 1 aliphatic rings. The zero-order valence-corrected chi connectivity index (χ0v) is 15.6. The van der Waals surface area contributed by atoms with E-state index in [0.717, 1.165) is 0 Å². The molecule has 0 aromatic heterocycles. The van der Waals surface area contributed by atoms with Crippen LogP contribution in [0.25, 0.3) is 0 Å². The zero-order chi connectivity index (χ0) is 18.4. The first-order chi connectivity index (χ1) is 11.9. The number of carbonyl (C=O) groups excluding carboxylic acids is 1. The Bertz CT molecular complexity index is 702. The highest BCUT2D eigenvalue weighted by Crippen LogP contribution is 2.28. The number of likely N-dealkylation sites (N-methyl/N-ethyl adjacent to an activating group) is 2. The van der Waals surface area contributed by atoms with Crippen LogP contribution in [0.4, 0.5) is 0 Å². The van der Waals surface area contributed by atoms with Crippen molar-refractivity contribution in [2.75, 3.05) is 60.6 Å². The minimum atomic E-state index is -3.76. The van der Waals surface area contributed by atoms with Crippen molar-refractivity contribution in [2.45, 2.75) is 4.90 Å². The van der Waals surface area contributed by atoms with Gasteiger partial charge in [0, 0.05) is 38.8 Å². The first-order valence-corrected chi connectivity index (χ1v) is 9.52. The lowest BCUT2D eigenvalue weighted by molar-refractivity contribution is 0.0729. The minimum Gasteiger partial charge on any atom is -0.495 e. The molecule has 9 heteroatoms. The largest absolute Gasteiger partial charge is 0.495 e. The molecule has 2 rings (SSSR count). The second kappa shape index (κ2) is 8.61. The lowest BCUT2D eigenvalue weighted by atomic mass is 10.2. The molecular formula is C16H25N3O5S. The number of hydrogen-bond acceptors (Lipinski definition) is 6. The molecule has 1 saturated heterocycles. The zero-order valence-electron chi connectivity index (χ0n) is 14.8. The van der Waals surface area contributed by atoms with E-state index < -0.39 is 10.0 Å². The number of hydrogen-bond donors (Lipinski definition) is 1. The van der Waals surface area contributed by atoms with E-state index in [0.29, 0.717) is 31.9 Å². The molecule has 8 nitrogen and oxygen atoms in total. The predicted molar refractivity (Wildman–Crippen MR) is 93.5 cm³/mol. The molecule has 0 aliphatic carbocycles. The molecule has 0 atom stereocenters. The number of morpholine rings is 1. The maximum atomic E-state index is 12.9. The summed E-state index contributed by atoms with van der Waals surface area (Å²) >= 11 is 0. The smallest absolute Gasteiger partial charge is 0.253 e. The van der Waals surface area contributed by atoms with E-state index in [2.05, 4.69) is 5.32 Å². The van der Waals surface area contributed by atoms with Crippen molar-refractivity contribution >= 4 is 15.9 Å². The Morgan fingerprint density at radius 1 is 1.36 bits per heavy atom. The molecule has 1 N–H and O–H groups in total. The van der Waals surface area contributed by atoms with Gasteiger partial charge in [-0.15, -0.1) is 0 Å². The molecule has 0 radical (unpaired) electrons. The fourth-order valence-electron chi connectivity index (χ4n) is 2.54. The van der Waals surface area contributed by atoms with Gasteiger partial charge < -0.3 is 19.7 Å². The molecule has 1 fully saturated rings. The van der Waals surface area contributed by atoms with Crippen molar-refractivity contribution in [3.8, 4) is 5.75 Å². The number of ether oxygens (including phenoxy) is 2. The molecule has 1 heterocycles. The van der Waals surface area contributed by atoms with Gasteiger partial charge >= 0.3 is 0 Å².